The van der Waals surface area contributed by atoms with E-state index in [1.54, 1.807) is 6.92 Å². The van der Waals surface area contributed by atoms with Crippen molar-refractivity contribution in [2.24, 2.45) is 5.92 Å². The molecular weight excluding hydrogens is 457 g/mol. The van der Waals surface area contributed by atoms with Crippen LogP contribution < -0.4 is 0 Å². The topological polar surface area (TPSA) is 80.0 Å². The number of ether oxygens (including phenoxy) is 1. The first-order valence-electron chi connectivity index (χ1n) is 10.9. The maximum Gasteiger partial charge on any atom is 0.416 e. The molecule has 1 atom stereocenters. The Bertz CT molecular complexity index is 1120. The molecule has 0 aliphatic carbocycles. The van der Waals surface area contributed by atoms with Crippen LogP contribution in [0.4, 0.5) is 13.2 Å². The Balaban J connectivity index is 1.68. The van der Waals surface area contributed by atoms with E-state index < -0.39 is 17.8 Å². The molecule has 3 aromatic rings. The fourth-order valence-electron chi connectivity index (χ4n) is 4.15. The molecule has 1 aliphatic rings. The minimum atomic E-state index is -4.43. The Hall–Kier alpha value is -2.66. The van der Waals surface area contributed by atoms with Crippen molar-refractivity contribution < 1.29 is 27.8 Å². The van der Waals surface area contributed by atoms with Crippen LogP contribution >= 0.6 is 11.3 Å². The number of hydrogen-bond donors (Lipinski definition) is 1. The van der Waals surface area contributed by atoms with E-state index in [1.165, 1.54) is 28.0 Å². The van der Waals surface area contributed by atoms with Gasteiger partial charge in [0.25, 0.3) is 0 Å². The van der Waals surface area contributed by atoms with Crippen LogP contribution in [0, 0.1) is 5.92 Å². The van der Waals surface area contributed by atoms with E-state index in [4.69, 9.17) is 4.74 Å². The minimum absolute atomic E-state index is 0.0698. The Morgan fingerprint density at radius 1 is 1.24 bits per heavy atom. The van der Waals surface area contributed by atoms with Crippen LogP contribution in [0.3, 0.4) is 0 Å². The predicted octanol–water partition coefficient (Wildman–Crippen LogP) is 4.44. The first-order chi connectivity index (χ1) is 15.7. The van der Waals surface area contributed by atoms with Crippen LogP contribution in [0.1, 0.15) is 54.6 Å². The summed E-state index contributed by atoms with van der Waals surface area (Å²) in [6.07, 6.45) is -2.68. The molecule has 7 nitrogen and oxygen atoms in total. The van der Waals surface area contributed by atoms with Crippen molar-refractivity contribution in [2.45, 2.75) is 45.3 Å². The van der Waals surface area contributed by atoms with E-state index in [0.717, 1.165) is 12.1 Å². The molecule has 3 heterocycles. The van der Waals surface area contributed by atoms with Gasteiger partial charge in [0.15, 0.2) is 5.82 Å². The zero-order chi connectivity index (χ0) is 23.8. The van der Waals surface area contributed by atoms with Gasteiger partial charge in [-0.3, -0.25) is 9.69 Å². The second-order valence-corrected chi connectivity index (χ2v) is 8.96. The van der Waals surface area contributed by atoms with Crippen LogP contribution in [-0.2, 0) is 22.1 Å². The highest BCUT2D eigenvalue weighted by Crippen LogP contribution is 2.42. The van der Waals surface area contributed by atoms with E-state index in [2.05, 4.69) is 15.0 Å². The quantitative estimate of drug-likeness (QED) is 0.524. The number of fused-ring (bicyclic) bond motifs is 1. The van der Waals surface area contributed by atoms with Gasteiger partial charge in [0.1, 0.15) is 0 Å². The van der Waals surface area contributed by atoms with Crippen molar-refractivity contribution in [3.63, 3.8) is 0 Å². The number of aryl methyl sites for hydroxylation is 1. The van der Waals surface area contributed by atoms with Crippen LogP contribution in [-0.4, -0.2) is 50.3 Å². The summed E-state index contributed by atoms with van der Waals surface area (Å²) in [6.45, 7) is 5.06. The third-order valence-corrected chi connectivity index (χ3v) is 6.95. The van der Waals surface area contributed by atoms with Gasteiger partial charge in [-0.1, -0.05) is 30.4 Å². The molecular formula is C22H25F3N4O3S. The fourth-order valence-corrected chi connectivity index (χ4v) is 5.29. The zero-order valence-corrected chi connectivity index (χ0v) is 19.1. The van der Waals surface area contributed by atoms with Gasteiger partial charge in [-0.2, -0.15) is 17.7 Å². The highest BCUT2D eigenvalue weighted by molar-refractivity contribution is 7.17. The van der Waals surface area contributed by atoms with Gasteiger partial charge in [-0.25, -0.2) is 4.98 Å². The second-order valence-electron chi connectivity index (χ2n) is 7.95. The standard InChI is InChI=1S/C22H25F3N4O3S/c1-3-16-26-21-29(27-16)19(30)18(33-21)17(13-5-7-15(8-6-13)22(23,24)25)28-11-9-14(10-12-28)20(31)32-4-2/h5-8,14,17,30H,3-4,9-12H2,1-2H3. The van der Waals surface area contributed by atoms with E-state index >= 15 is 0 Å². The van der Waals surface area contributed by atoms with Gasteiger partial charge in [0.05, 0.1) is 29.0 Å². The van der Waals surface area contributed by atoms with E-state index in [-0.39, 0.29) is 17.8 Å². The van der Waals surface area contributed by atoms with Gasteiger partial charge in [-0.05, 0) is 50.6 Å². The number of hydrogen-bond acceptors (Lipinski definition) is 7. The summed E-state index contributed by atoms with van der Waals surface area (Å²) in [5.41, 5.74) is -0.112. The molecule has 1 fully saturated rings. The van der Waals surface area contributed by atoms with Crippen molar-refractivity contribution in [3.05, 3.63) is 46.1 Å². The first-order valence-corrected chi connectivity index (χ1v) is 11.7. The summed E-state index contributed by atoms with van der Waals surface area (Å²) < 4.78 is 45.8. The Kier molecular flexibility index (Phi) is 6.62. The van der Waals surface area contributed by atoms with E-state index in [9.17, 15) is 23.1 Å². The van der Waals surface area contributed by atoms with Crippen molar-refractivity contribution in [2.75, 3.05) is 19.7 Å². The van der Waals surface area contributed by atoms with Crippen LogP contribution in [0.5, 0.6) is 5.88 Å². The number of benzene rings is 1. The van der Waals surface area contributed by atoms with Crippen molar-refractivity contribution >= 4 is 22.3 Å². The molecule has 1 aliphatic heterocycles. The Morgan fingerprint density at radius 3 is 2.45 bits per heavy atom. The number of aromatic nitrogens is 3. The average molecular weight is 483 g/mol. The number of nitrogens with zero attached hydrogens (tertiary/aromatic N) is 4. The molecule has 0 radical (unpaired) electrons. The third kappa shape index (κ3) is 4.70. The van der Waals surface area contributed by atoms with Gasteiger partial charge in [0, 0.05) is 6.42 Å². The van der Waals surface area contributed by atoms with Crippen molar-refractivity contribution in [1.82, 2.24) is 19.5 Å². The molecule has 2 aromatic heterocycles. The minimum Gasteiger partial charge on any atom is -0.492 e. The number of aromatic hydroxyl groups is 1. The second kappa shape index (κ2) is 9.30. The molecule has 0 saturated carbocycles. The van der Waals surface area contributed by atoms with Crippen molar-refractivity contribution in [3.8, 4) is 5.88 Å². The molecule has 4 rings (SSSR count). The smallest absolute Gasteiger partial charge is 0.416 e. The zero-order valence-electron chi connectivity index (χ0n) is 18.3. The summed E-state index contributed by atoms with van der Waals surface area (Å²) in [4.78, 5) is 19.7. The summed E-state index contributed by atoms with van der Waals surface area (Å²) in [5.74, 6) is 0.0958. The molecule has 0 bridgehead atoms. The number of halogens is 3. The lowest BCUT2D eigenvalue weighted by molar-refractivity contribution is -0.149. The third-order valence-electron chi connectivity index (χ3n) is 5.88. The van der Waals surface area contributed by atoms with Crippen LogP contribution in [0.25, 0.3) is 4.96 Å². The number of carbonyl (C=O) groups excluding carboxylic acids is 1. The molecule has 1 N–H and O–H groups in total. The number of rotatable bonds is 6. The van der Waals surface area contributed by atoms with Crippen molar-refractivity contribution in [1.29, 1.82) is 0 Å². The number of esters is 1. The molecule has 178 valence electrons. The Labute approximate surface area is 192 Å². The van der Waals surface area contributed by atoms with Gasteiger partial charge in [0.2, 0.25) is 10.8 Å². The predicted molar refractivity (Wildman–Crippen MR) is 116 cm³/mol. The van der Waals surface area contributed by atoms with Crippen LogP contribution in [0.15, 0.2) is 24.3 Å². The molecule has 33 heavy (non-hydrogen) atoms. The highest BCUT2D eigenvalue weighted by Gasteiger charge is 2.35. The van der Waals surface area contributed by atoms with Gasteiger partial charge < -0.3 is 9.84 Å². The number of alkyl halides is 3. The van der Waals surface area contributed by atoms with Gasteiger partial charge >= 0.3 is 12.1 Å². The molecule has 1 aromatic carbocycles. The monoisotopic (exact) mass is 482 g/mol. The number of piperidine rings is 1. The summed E-state index contributed by atoms with van der Waals surface area (Å²) >= 11 is 1.27. The summed E-state index contributed by atoms with van der Waals surface area (Å²) in [7, 11) is 0. The van der Waals surface area contributed by atoms with Gasteiger partial charge in [-0.15, -0.1) is 5.10 Å². The number of carbonyl (C=O) groups is 1. The Morgan fingerprint density at radius 2 is 1.91 bits per heavy atom. The molecule has 11 heteroatoms. The summed E-state index contributed by atoms with van der Waals surface area (Å²) in [5, 5.41) is 15.3. The summed E-state index contributed by atoms with van der Waals surface area (Å²) in [6, 6.07) is 4.50. The normalized spacial score (nSPS) is 16.9. The molecule has 1 unspecified atom stereocenters. The average Bonchev–Trinajstić information content (AvgIpc) is 3.33. The van der Waals surface area contributed by atoms with E-state index in [0.29, 0.717) is 60.2 Å². The fraction of sp³-hybridized carbons (Fsp3) is 0.500. The molecule has 1 saturated heterocycles. The number of thiazole rings is 1. The lowest BCUT2D eigenvalue weighted by Gasteiger charge is -2.36. The maximum absolute atomic E-state index is 13.1. The molecule has 0 amide bonds. The molecule has 0 spiro atoms. The highest BCUT2D eigenvalue weighted by atomic mass is 32.1. The SMILES string of the molecule is CCOC(=O)C1CCN(C(c2ccc(C(F)(F)F)cc2)c2sc3nc(CC)nn3c2O)CC1. The van der Waals surface area contributed by atoms with E-state index in [1.807, 2.05) is 6.92 Å². The lowest BCUT2D eigenvalue weighted by Crippen LogP contribution is -2.39. The maximum atomic E-state index is 13.1. The first kappa shape index (κ1) is 23.5. The lowest BCUT2D eigenvalue weighted by atomic mass is 9.93. The number of likely N-dealkylation sites (tertiary alicyclic amines) is 1. The van der Waals surface area contributed by atoms with Crippen LogP contribution in [0.2, 0.25) is 0 Å². The largest absolute Gasteiger partial charge is 0.492 e.